The van der Waals surface area contributed by atoms with Gasteiger partial charge in [0.05, 0.1) is 42.6 Å². The van der Waals surface area contributed by atoms with Crippen molar-refractivity contribution >= 4 is 21.9 Å². The zero-order valence-electron chi connectivity index (χ0n) is 21.2. The number of imidazole rings is 1. The molecule has 4 heterocycles. The predicted octanol–water partition coefficient (Wildman–Crippen LogP) is 4.32. The number of pyridine rings is 1. The van der Waals surface area contributed by atoms with Crippen LogP contribution in [0, 0.1) is 17.2 Å². The second-order valence-corrected chi connectivity index (χ2v) is 9.93. The van der Waals surface area contributed by atoms with Gasteiger partial charge in [-0.25, -0.2) is 9.97 Å². The van der Waals surface area contributed by atoms with Gasteiger partial charge in [-0.05, 0) is 56.4 Å². The number of nitrogens with zero attached hydrogens (tertiary/aromatic N) is 4. The zero-order valence-corrected chi connectivity index (χ0v) is 21.2. The molecule has 9 heteroatoms. The van der Waals surface area contributed by atoms with Crippen LogP contribution in [0.5, 0.6) is 11.6 Å². The molecular formula is C27H32N6O3. The van der Waals surface area contributed by atoms with Gasteiger partial charge < -0.3 is 29.4 Å². The number of aromatic amines is 2. The molecule has 4 aromatic rings. The van der Waals surface area contributed by atoms with Gasteiger partial charge in [-0.1, -0.05) is 19.9 Å². The minimum atomic E-state index is -0.285. The number of rotatable bonds is 7. The number of methoxy groups -OCH3 is 1. The van der Waals surface area contributed by atoms with Gasteiger partial charge in [-0.15, -0.1) is 0 Å². The Bertz CT molecular complexity index is 1440. The van der Waals surface area contributed by atoms with Gasteiger partial charge in [0.1, 0.15) is 23.0 Å². The summed E-state index contributed by atoms with van der Waals surface area (Å²) in [4.78, 5) is 18.4. The van der Waals surface area contributed by atoms with Gasteiger partial charge in [0.15, 0.2) is 5.75 Å². The van der Waals surface area contributed by atoms with Crippen LogP contribution < -0.4 is 9.47 Å². The Balaban J connectivity index is 1.69. The molecular weight excluding hydrogens is 456 g/mol. The molecule has 0 atom stereocenters. The SMILES string of the molecule is COc1ncc2c(C#N)c(CO)[nH]c2c1-c1nc2c(OCC(C)C)c(C3CCN(C)CC3)ccc2[nH]1. The van der Waals surface area contributed by atoms with Crippen LogP contribution in [0.3, 0.4) is 0 Å². The third-order valence-electron chi connectivity index (χ3n) is 6.95. The predicted molar refractivity (Wildman–Crippen MR) is 138 cm³/mol. The van der Waals surface area contributed by atoms with E-state index < -0.39 is 0 Å². The number of nitriles is 1. The summed E-state index contributed by atoms with van der Waals surface area (Å²) in [6.45, 7) is 6.71. The molecule has 0 unspecified atom stereocenters. The van der Waals surface area contributed by atoms with Crippen molar-refractivity contribution in [3.63, 3.8) is 0 Å². The highest BCUT2D eigenvalue weighted by Gasteiger charge is 2.26. The van der Waals surface area contributed by atoms with Crippen LogP contribution in [0.15, 0.2) is 18.3 Å². The van der Waals surface area contributed by atoms with Crippen LogP contribution in [0.2, 0.25) is 0 Å². The molecule has 0 aliphatic carbocycles. The van der Waals surface area contributed by atoms with Crippen LogP contribution in [0.4, 0.5) is 0 Å². The molecule has 9 nitrogen and oxygen atoms in total. The van der Waals surface area contributed by atoms with Crippen molar-refractivity contribution in [2.45, 2.75) is 39.2 Å². The topological polar surface area (TPSA) is 123 Å². The van der Waals surface area contributed by atoms with E-state index in [2.05, 4.69) is 58.9 Å². The summed E-state index contributed by atoms with van der Waals surface area (Å²) >= 11 is 0. The van der Waals surface area contributed by atoms with Crippen LogP contribution in [0.1, 0.15) is 49.4 Å². The molecule has 1 saturated heterocycles. The first kappa shape index (κ1) is 24.1. The number of ether oxygens (including phenoxy) is 2. The van der Waals surface area contributed by atoms with E-state index in [1.54, 1.807) is 13.3 Å². The largest absolute Gasteiger partial charge is 0.491 e. The Morgan fingerprint density at radius 3 is 2.69 bits per heavy atom. The summed E-state index contributed by atoms with van der Waals surface area (Å²) in [5.41, 5.74) is 4.88. The molecule has 5 rings (SSSR count). The maximum absolute atomic E-state index is 9.79. The van der Waals surface area contributed by atoms with E-state index >= 15 is 0 Å². The molecule has 0 bridgehead atoms. The third kappa shape index (κ3) is 4.16. The Morgan fingerprint density at radius 1 is 1.25 bits per heavy atom. The van der Waals surface area contributed by atoms with Crippen molar-refractivity contribution in [3.05, 3.63) is 35.2 Å². The standard InChI is InChI=1S/C27H32N6O3/c1-15(2)14-36-25-17(16-7-9-33(3)10-8-16)5-6-20-24(25)32-26(31-20)22-23-19(12-29-27(22)35-4)18(11-28)21(13-34)30-23/h5-6,12,15-16,30,34H,7-10,13-14H2,1-4H3,(H,31,32). The maximum atomic E-state index is 9.79. The van der Waals surface area contributed by atoms with E-state index in [-0.39, 0.29) is 6.61 Å². The van der Waals surface area contributed by atoms with Crippen LogP contribution in [0.25, 0.3) is 33.3 Å². The number of benzene rings is 1. The summed E-state index contributed by atoms with van der Waals surface area (Å²) in [5.74, 6) is 2.56. The van der Waals surface area contributed by atoms with Gasteiger partial charge in [0.25, 0.3) is 0 Å². The van der Waals surface area contributed by atoms with Gasteiger partial charge in [0, 0.05) is 11.6 Å². The summed E-state index contributed by atoms with van der Waals surface area (Å²) in [7, 11) is 3.72. The highest BCUT2D eigenvalue weighted by Crippen LogP contribution is 2.41. The number of hydrogen-bond donors (Lipinski definition) is 3. The Labute approximate surface area is 210 Å². The van der Waals surface area contributed by atoms with Crippen molar-refractivity contribution in [1.29, 1.82) is 5.26 Å². The van der Waals surface area contributed by atoms with Crippen LogP contribution in [-0.4, -0.2) is 63.8 Å². The van der Waals surface area contributed by atoms with Crippen molar-refractivity contribution in [2.75, 3.05) is 33.9 Å². The summed E-state index contributed by atoms with van der Waals surface area (Å²) in [6, 6.07) is 6.40. The lowest BCUT2D eigenvalue weighted by Crippen LogP contribution is -2.29. The van der Waals surface area contributed by atoms with Crippen molar-refractivity contribution < 1.29 is 14.6 Å². The number of likely N-dealkylation sites (tertiary alicyclic amines) is 1. The second kappa shape index (κ2) is 9.80. The summed E-state index contributed by atoms with van der Waals surface area (Å²) < 4.78 is 12.0. The normalized spacial score (nSPS) is 15.1. The monoisotopic (exact) mass is 488 g/mol. The van der Waals surface area contributed by atoms with Crippen LogP contribution in [-0.2, 0) is 6.61 Å². The Hall–Kier alpha value is -3.61. The summed E-state index contributed by atoms with van der Waals surface area (Å²) in [5, 5.41) is 20.1. The lowest BCUT2D eigenvalue weighted by Gasteiger charge is -2.30. The minimum Gasteiger partial charge on any atom is -0.491 e. The van der Waals surface area contributed by atoms with Crippen molar-refractivity contribution in [3.8, 4) is 29.1 Å². The number of aromatic nitrogens is 4. The number of aliphatic hydroxyl groups is 1. The molecule has 0 radical (unpaired) electrons. The number of hydrogen-bond acceptors (Lipinski definition) is 7. The van der Waals surface area contributed by atoms with Gasteiger partial charge in [-0.2, -0.15) is 5.26 Å². The van der Waals surface area contributed by atoms with E-state index in [1.165, 1.54) is 5.56 Å². The minimum absolute atomic E-state index is 0.285. The highest BCUT2D eigenvalue weighted by atomic mass is 16.5. The van der Waals surface area contributed by atoms with E-state index in [1.807, 2.05) is 0 Å². The maximum Gasteiger partial charge on any atom is 0.226 e. The van der Waals surface area contributed by atoms with E-state index in [4.69, 9.17) is 14.5 Å². The first-order chi connectivity index (χ1) is 17.4. The van der Waals surface area contributed by atoms with E-state index in [0.717, 1.165) is 42.7 Å². The molecule has 3 aromatic heterocycles. The average molecular weight is 489 g/mol. The number of piperidine rings is 1. The van der Waals surface area contributed by atoms with Crippen LogP contribution >= 0.6 is 0 Å². The molecule has 1 aliphatic heterocycles. The molecule has 3 N–H and O–H groups in total. The smallest absolute Gasteiger partial charge is 0.226 e. The van der Waals surface area contributed by atoms with E-state index in [0.29, 0.717) is 57.9 Å². The molecule has 0 amide bonds. The molecule has 0 spiro atoms. The first-order valence-electron chi connectivity index (χ1n) is 12.4. The number of H-pyrrole nitrogens is 2. The van der Waals surface area contributed by atoms with Crippen molar-refractivity contribution in [2.24, 2.45) is 5.92 Å². The molecule has 36 heavy (non-hydrogen) atoms. The molecule has 0 saturated carbocycles. The summed E-state index contributed by atoms with van der Waals surface area (Å²) in [6.07, 6.45) is 3.75. The molecule has 1 aliphatic rings. The van der Waals surface area contributed by atoms with Gasteiger partial charge in [-0.3, -0.25) is 0 Å². The van der Waals surface area contributed by atoms with Gasteiger partial charge in [0.2, 0.25) is 5.88 Å². The fraction of sp³-hybridized carbons (Fsp3) is 0.444. The number of fused-ring (bicyclic) bond motifs is 2. The second-order valence-electron chi connectivity index (χ2n) is 9.93. The fourth-order valence-electron chi connectivity index (χ4n) is 5.04. The van der Waals surface area contributed by atoms with E-state index in [9.17, 15) is 10.4 Å². The molecule has 188 valence electrons. The number of aliphatic hydroxyl groups excluding tert-OH is 1. The molecule has 1 fully saturated rings. The number of nitrogens with one attached hydrogen (secondary N) is 2. The lowest BCUT2D eigenvalue weighted by molar-refractivity contribution is 0.243. The quantitative estimate of drug-likeness (QED) is 0.354. The average Bonchev–Trinajstić information content (AvgIpc) is 3.48. The van der Waals surface area contributed by atoms with Crippen molar-refractivity contribution in [1.82, 2.24) is 24.8 Å². The fourth-order valence-corrected chi connectivity index (χ4v) is 5.04. The first-order valence-corrected chi connectivity index (χ1v) is 12.4. The van der Waals surface area contributed by atoms with Gasteiger partial charge >= 0.3 is 0 Å². The third-order valence-corrected chi connectivity index (χ3v) is 6.95. The lowest BCUT2D eigenvalue weighted by atomic mass is 9.88. The molecule has 1 aromatic carbocycles. The Kier molecular flexibility index (Phi) is 6.56. The zero-order chi connectivity index (χ0) is 25.4. The highest BCUT2D eigenvalue weighted by molar-refractivity contribution is 6.00. The Morgan fingerprint density at radius 2 is 2.03 bits per heavy atom.